The maximum atomic E-state index is 13.0. The van der Waals surface area contributed by atoms with Gasteiger partial charge in [0.25, 0.3) is 0 Å². The molecule has 0 atom stereocenters. The fourth-order valence-corrected chi connectivity index (χ4v) is 2.27. The minimum Gasteiger partial charge on any atom is -0.316 e. The second kappa shape index (κ2) is 6.47. The summed E-state index contributed by atoms with van der Waals surface area (Å²) in [5.41, 5.74) is 1.05. The van der Waals surface area contributed by atoms with Gasteiger partial charge in [0.2, 0.25) is 0 Å². The summed E-state index contributed by atoms with van der Waals surface area (Å²) in [6.45, 7) is 0.761. The Morgan fingerprint density at radius 2 is 2.06 bits per heavy atom. The van der Waals surface area contributed by atoms with Gasteiger partial charge in [-0.25, -0.2) is 14.4 Å². The van der Waals surface area contributed by atoms with Crippen molar-refractivity contribution in [2.75, 3.05) is 7.05 Å². The summed E-state index contributed by atoms with van der Waals surface area (Å²) >= 11 is 1.53. The van der Waals surface area contributed by atoms with Crippen molar-refractivity contribution in [2.45, 2.75) is 17.2 Å². The van der Waals surface area contributed by atoms with Gasteiger partial charge in [-0.15, -0.1) is 11.8 Å². The minimum absolute atomic E-state index is 0.217. The lowest BCUT2D eigenvalue weighted by Gasteiger charge is -2.02. The quantitative estimate of drug-likeness (QED) is 0.842. The molecule has 0 bridgehead atoms. The Bertz CT molecular complexity index is 502. The van der Waals surface area contributed by atoms with E-state index in [2.05, 4.69) is 15.3 Å². The number of nitrogens with zero attached hydrogens (tertiary/aromatic N) is 2. The predicted molar refractivity (Wildman–Crippen MR) is 70.8 cm³/mol. The van der Waals surface area contributed by atoms with E-state index in [0.29, 0.717) is 5.75 Å². The van der Waals surface area contributed by atoms with E-state index in [-0.39, 0.29) is 5.82 Å². The first-order chi connectivity index (χ1) is 8.78. The molecule has 2 aromatic rings. The van der Waals surface area contributed by atoms with Crippen LogP contribution in [-0.4, -0.2) is 17.0 Å². The van der Waals surface area contributed by atoms with Crippen molar-refractivity contribution in [3.05, 3.63) is 53.9 Å². The summed E-state index contributed by atoms with van der Waals surface area (Å²) in [7, 11) is 1.88. The summed E-state index contributed by atoms with van der Waals surface area (Å²) in [6.07, 6.45) is 3.62. The maximum absolute atomic E-state index is 13.0. The maximum Gasteiger partial charge on any atom is 0.138 e. The smallest absolute Gasteiger partial charge is 0.138 e. The van der Waals surface area contributed by atoms with E-state index in [4.69, 9.17) is 0 Å². The Morgan fingerprint density at radius 1 is 1.28 bits per heavy atom. The third kappa shape index (κ3) is 3.78. The topological polar surface area (TPSA) is 37.8 Å². The SMILES string of the molecule is CNCc1cnc(CSc2cccc(F)c2)nc1. The summed E-state index contributed by atoms with van der Waals surface area (Å²) in [6, 6.07) is 6.53. The van der Waals surface area contributed by atoms with Crippen LogP contribution in [0.25, 0.3) is 0 Å². The molecule has 0 unspecified atom stereocenters. The second-order valence-electron chi connectivity index (χ2n) is 3.78. The van der Waals surface area contributed by atoms with E-state index in [1.54, 1.807) is 6.07 Å². The predicted octanol–water partition coefficient (Wildman–Crippen LogP) is 2.63. The molecular formula is C13H14FN3S. The van der Waals surface area contributed by atoms with E-state index in [9.17, 15) is 4.39 Å². The number of halogens is 1. The number of hydrogen-bond acceptors (Lipinski definition) is 4. The summed E-state index contributed by atoms with van der Waals surface area (Å²) in [4.78, 5) is 9.43. The standard InChI is InChI=1S/C13H14FN3S/c1-15-6-10-7-16-13(17-8-10)9-18-12-4-2-3-11(14)5-12/h2-5,7-8,15H,6,9H2,1H3. The van der Waals surface area contributed by atoms with Crippen LogP contribution in [0.1, 0.15) is 11.4 Å². The first-order valence-electron chi connectivity index (χ1n) is 5.60. The third-order valence-corrected chi connectivity index (χ3v) is 3.29. The van der Waals surface area contributed by atoms with E-state index < -0.39 is 0 Å². The van der Waals surface area contributed by atoms with Crippen LogP contribution in [0.3, 0.4) is 0 Å². The van der Waals surface area contributed by atoms with E-state index in [1.807, 2.05) is 25.5 Å². The van der Waals surface area contributed by atoms with Gasteiger partial charge in [0.15, 0.2) is 0 Å². The van der Waals surface area contributed by atoms with E-state index in [1.165, 1.54) is 23.9 Å². The Morgan fingerprint density at radius 3 is 2.72 bits per heavy atom. The molecule has 0 spiro atoms. The number of thioether (sulfide) groups is 1. The van der Waals surface area contributed by atoms with Crippen molar-refractivity contribution >= 4 is 11.8 Å². The van der Waals surface area contributed by atoms with Crippen LogP contribution < -0.4 is 5.32 Å². The zero-order valence-corrected chi connectivity index (χ0v) is 10.9. The fourth-order valence-electron chi connectivity index (χ4n) is 1.46. The molecule has 0 aliphatic rings. The number of aromatic nitrogens is 2. The van der Waals surface area contributed by atoms with Crippen LogP contribution in [0.4, 0.5) is 4.39 Å². The molecule has 5 heteroatoms. The van der Waals surface area contributed by atoms with Crippen molar-refractivity contribution in [1.29, 1.82) is 0 Å². The van der Waals surface area contributed by atoms with E-state index in [0.717, 1.165) is 22.8 Å². The molecule has 3 nitrogen and oxygen atoms in total. The van der Waals surface area contributed by atoms with E-state index >= 15 is 0 Å². The van der Waals surface area contributed by atoms with Gasteiger partial charge >= 0.3 is 0 Å². The van der Waals surface area contributed by atoms with Gasteiger partial charge in [0.05, 0.1) is 5.75 Å². The molecule has 1 aromatic heterocycles. The summed E-state index contributed by atoms with van der Waals surface area (Å²) < 4.78 is 13.0. The first-order valence-corrected chi connectivity index (χ1v) is 6.59. The molecule has 2 rings (SSSR count). The normalized spacial score (nSPS) is 10.6. The van der Waals surface area contributed by atoms with Gasteiger partial charge in [0, 0.05) is 29.4 Å². The molecule has 0 radical (unpaired) electrons. The Balaban J connectivity index is 1.93. The van der Waals surface area contributed by atoms with Crippen molar-refractivity contribution in [1.82, 2.24) is 15.3 Å². The van der Waals surface area contributed by atoms with Crippen molar-refractivity contribution in [3.63, 3.8) is 0 Å². The molecule has 1 N–H and O–H groups in total. The van der Waals surface area contributed by atoms with Crippen LogP contribution in [0, 0.1) is 5.82 Å². The third-order valence-electron chi connectivity index (χ3n) is 2.30. The summed E-state index contributed by atoms with van der Waals surface area (Å²) in [5.74, 6) is 1.18. The Labute approximate surface area is 110 Å². The van der Waals surface area contributed by atoms with Gasteiger partial charge < -0.3 is 5.32 Å². The Hall–Kier alpha value is -1.46. The summed E-state index contributed by atoms with van der Waals surface area (Å²) in [5, 5.41) is 3.04. The molecule has 0 fully saturated rings. The Kier molecular flexibility index (Phi) is 4.66. The number of benzene rings is 1. The van der Waals surface area contributed by atoms with Gasteiger partial charge in [-0.2, -0.15) is 0 Å². The molecule has 0 aliphatic carbocycles. The number of nitrogens with one attached hydrogen (secondary N) is 1. The second-order valence-corrected chi connectivity index (χ2v) is 4.83. The zero-order valence-electron chi connectivity index (χ0n) is 10.1. The highest BCUT2D eigenvalue weighted by atomic mass is 32.2. The van der Waals surface area contributed by atoms with Gasteiger partial charge in [-0.05, 0) is 25.2 Å². The average molecular weight is 263 g/mol. The molecule has 94 valence electrons. The van der Waals surface area contributed by atoms with Gasteiger partial charge in [-0.3, -0.25) is 0 Å². The monoisotopic (exact) mass is 263 g/mol. The van der Waals surface area contributed by atoms with Crippen LogP contribution in [0.15, 0.2) is 41.6 Å². The molecule has 0 amide bonds. The fraction of sp³-hybridized carbons (Fsp3) is 0.231. The molecular weight excluding hydrogens is 249 g/mol. The number of rotatable bonds is 5. The van der Waals surface area contributed by atoms with Gasteiger partial charge in [-0.1, -0.05) is 6.07 Å². The van der Waals surface area contributed by atoms with Crippen LogP contribution in [0.2, 0.25) is 0 Å². The van der Waals surface area contributed by atoms with Crippen molar-refractivity contribution in [3.8, 4) is 0 Å². The highest BCUT2D eigenvalue weighted by Crippen LogP contribution is 2.21. The molecule has 0 saturated carbocycles. The lowest BCUT2D eigenvalue weighted by molar-refractivity contribution is 0.624. The van der Waals surface area contributed by atoms with Gasteiger partial charge in [0.1, 0.15) is 11.6 Å². The highest BCUT2D eigenvalue weighted by Gasteiger charge is 2.00. The molecule has 1 aromatic carbocycles. The minimum atomic E-state index is -0.217. The largest absolute Gasteiger partial charge is 0.316 e. The van der Waals surface area contributed by atoms with Crippen LogP contribution >= 0.6 is 11.8 Å². The molecule has 18 heavy (non-hydrogen) atoms. The highest BCUT2D eigenvalue weighted by molar-refractivity contribution is 7.98. The van der Waals surface area contributed by atoms with Crippen molar-refractivity contribution < 1.29 is 4.39 Å². The lowest BCUT2D eigenvalue weighted by Crippen LogP contribution is -2.06. The molecule has 1 heterocycles. The van der Waals surface area contributed by atoms with Crippen LogP contribution in [-0.2, 0) is 12.3 Å². The molecule has 0 aliphatic heterocycles. The number of hydrogen-bond donors (Lipinski definition) is 1. The lowest BCUT2D eigenvalue weighted by atomic mass is 10.3. The average Bonchev–Trinajstić information content (AvgIpc) is 2.38. The first kappa shape index (κ1) is 13.0. The van der Waals surface area contributed by atoms with Crippen molar-refractivity contribution in [2.24, 2.45) is 0 Å². The zero-order chi connectivity index (χ0) is 12.8. The molecule has 0 saturated heterocycles. The van der Waals surface area contributed by atoms with Crippen LogP contribution in [0.5, 0.6) is 0 Å².